The van der Waals surface area contributed by atoms with E-state index < -0.39 is 9.84 Å². The van der Waals surface area contributed by atoms with Gasteiger partial charge in [0.2, 0.25) is 0 Å². The third kappa shape index (κ3) is 5.38. The van der Waals surface area contributed by atoms with Crippen molar-refractivity contribution in [2.45, 2.75) is 63.5 Å². The zero-order valence-electron chi connectivity index (χ0n) is 12.2. The minimum absolute atomic E-state index is 0.0366. The van der Waals surface area contributed by atoms with Crippen LogP contribution < -0.4 is 11.3 Å². The smallest absolute Gasteiger partial charge is 0.147 e. The van der Waals surface area contributed by atoms with Gasteiger partial charge in [-0.05, 0) is 32.6 Å². The molecule has 0 bridgehead atoms. The fourth-order valence-electron chi connectivity index (χ4n) is 3.08. The van der Waals surface area contributed by atoms with Crippen molar-refractivity contribution in [2.75, 3.05) is 18.6 Å². The summed E-state index contributed by atoms with van der Waals surface area (Å²) < 4.78 is 28.4. The summed E-state index contributed by atoms with van der Waals surface area (Å²) >= 11 is 0. The van der Waals surface area contributed by atoms with E-state index in [1.807, 2.05) is 6.92 Å². The van der Waals surface area contributed by atoms with E-state index >= 15 is 0 Å². The Morgan fingerprint density at radius 2 is 1.95 bits per heavy atom. The van der Waals surface area contributed by atoms with Crippen molar-refractivity contribution < 1.29 is 13.2 Å². The second-order valence-corrected chi connectivity index (χ2v) is 7.81. The highest BCUT2D eigenvalue weighted by molar-refractivity contribution is 7.90. The van der Waals surface area contributed by atoms with Crippen LogP contribution >= 0.6 is 0 Å². The van der Waals surface area contributed by atoms with Gasteiger partial charge in [0, 0.05) is 18.6 Å². The number of hydrogen-bond acceptors (Lipinski definition) is 5. The fraction of sp³-hybridized carbons (Fsp3) is 1.00. The van der Waals surface area contributed by atoms with Crippen LogP contribution in [-0.2, 0) is 14.6 Å². The van der Waals surface area contributed by atoms with E-state index in [4.69, 9.17) is 10.6 Å². The molecule has 1 rings (SSSR count). The summed E-state index contributed by atoms with van der Waals surface area (Å²) in [6, 6.07) is 0.0366. The number of hydrogen-bond donors (Lipinski definition) is 2. The van der Waals surface area contributed by atoms with Crippen molar-refractivity contribution in [1.29, 1.82) is 0 Å². The lowest BCUT2D eigenvalue weighted by Crippen LogP contribution is -2.56. The van der Waals surface area contributed by atoms with Gasteiger partial charge in [-0.15, -0.1) is 0 Å². The second kappa shape index (κ2) is 7.57. The predicted molar refractivity (Wildman–Crippen MR) is 77.5 cm³/mol. The Kier molecular flexibility index (Phi) is 6.73. The summed E-state index contributed by atoms with van der Waals surface area (Å²) in [6.07, 6.45) is 8.22. The number of nitrogens with two attached hydrogens (primary N) is 1. The minimum Gasteiger partial charge on any atom is -0.374 e. The molecular formula is C13H28N2O3S. The van der Waals surface area contributed by atoms with Crippen molar-refractivity contribution >= 4 is 9.84 Å². The van der Waals surface area contributed by atoms with Crippen molar-refractivity contribution in [3.05, 3.63) is 0 Å². The van der Waals surface area contributed by atoms with Crippen LogP contribution in [0.2, 0.25) is 0 Å². The van der Waals surface area contributed by atoms with Gasteiger partial charge in [0.15, 0.2) is 0 Å². The Morgan fingerprint density at radius 3 is 2.42 bits per heavy atom. The Hall–Kier alpha value is -0.170. The van der Waals surface area contributed by atoms with Gasteiger partial charge >= 0.3 is 0 Å². The first-order valence-corrected chi connectivity index (χ1v) is 9.27. The summed E-state index contributed by atoms with van der Waals surface area (Å²) in [5, 5.41) is 0. The third-order valence-corrected chi connectivity index (χ3v) is 5.01. The van der Waals surface area contributed by atoms with Crippen LogP contribution in [0, 0.1) is 0 Å². The molecule has 1 fully saturated rings. The van der Waals surface area contributed by atoms with Gasteiger partial charge in [0.25, 0.3) is 0 Å². The maximum atomic E-state index is 11.2. The van der Waals surface area contributed by atoms with Gasteiger partial charge < -0.3 is 4.74 Å². The lowest BCUT2D eigenvalue weighted by Gasteiger charge is -2.43. The largest absolute Gasteiger partial charge is 0.374 e. The first kappa shape index (κ1) is 16.9. The molecule has 5 nitrogen and oxygen atoms in total. The molecule has 0 aliphatic heterocycles. The Morgan fingerprint density at radius 1 is 1.32 bits per heavy atom. The van der Waals surface area contributed by atoms with E-state index in [2.05, 4.69) is 5.43 Å². The molecule has 1 aliphatic rings. The Labute approximate surface area is 117 Å². The molecule has 0 saturated heterocycles. The highest BCUT2D eigenvalue weighted by Crippen LogP contribution is 2.36. The van der Waals surface area contributed by atoms with Crippen LogP contribution in [-0.4, -0.2) is 38.7 Å². The SMILES string of the molecule is CCOC1(C(CCCS(C)(=O)=O)NN)CCCCC1. The molecule has 19 heavy (non-hydrogen) atoms. The van der Waals surface area contributed by atoms with E-state index in [0.717, 1.165) is 32.1 Å². The van der Waals surface area contributed by atoms with E-state index in [-0.39, 0.29) is 17.4 Å². The quantitative estimate of drug-likeness (QED) is 0.522. The molecule has 0 amide bonds. The summed E-state index contributed by atoms with van der Waals surface area (Å²) in [5.74, 6) is 5.91. The van der Waals surface area contributed by atoms with Crippen molar-refractivity contribution in [1.82, 2.24) is 5.43 Å². The minimum atomic E-state index is -2.90. The van der Waals surface area contributed by atoms with Crippen LogP contribution in [0.3, 0.4) is 0 Å². The average molecular weight is 292 g/mol. The molecule has 3 N–H and O–H groups in total. The van der Waals surface area contributed by atoms with Gasteiger partial charge in [0.05, 0.1) is 11.6 Å². The standard InChI is InChI=1S/C13H28N2O3S/c1-3-18-13(9-5-4-6-10-13)12(15-14)8-7-11-19(2,16)17/h12,15H,3-11,14H2,1-2H3. The molecule has 0 heterocycles. The number of nitrogens with one attached hydrogen (secondary N) is 1. The number of hydrazine groups is 1. The van der Waals surface area contributed by atoms with Crippen LogP contribution in [0.25, 0.3) is 0 Å². The second-order valence-electron chi connectivity index (χ2n) is 5.55. The molecule has 1 aliphatic carbocycles. The van der Waals surface area contributed by atoms with E-state index in [0.29, 0.717) is 13.0 Å². The molecule has 114 valence electrons. The first-order valence-electron chi connectivity index (χ1n) is 7.21. The highest BCUT2D eigenvalue weighted by Gasteiger charge is 2.39. The summed E-state index contributed by atoms with van der Waals surface area (Å²) in [7, 11) is -2.90. The highest BCUT2D eigenvalue weighted by atomic mass is 32.2. The fourth-order valence-corrected chi connectivity index (χ4v) is 3.77. The van der Waals surface area contributed by atoms with Crippen LogP contribution in [0.15, 0.2) is 0 Å². The molecule has 0 aromatic heterocycles. The molecule has 0 aromatic carbocycles. The monoisotopic (exact) mass is 292 g/mol. The molecule has 6 heteroatoms. The van der Waals surface area contributed by atoms with Gasteiger partial charge in [-0.1, -0.05) is 19.3 Å². The van der Waals surface area contributed by atoms with E-state index in [9.17, 15) is 8.42 Å². The average Bonchev–Trinajstić information content (AvgIpc) is 2.35. The molecular weight excluding hydrogens is 264 g/mol. The normalized spacial score (nSPS) is 21.2. The molecule has 1 unspecified atom stereocenters. The summed E-state index contributed by atoms with van der Waals surface area (Å²) in [5.41, 5.74) is 2.65. The number of ether oxygens (including phenoxy) is 1. The Bertz CT molecular complexity index is 345. The van der Waals surface area contributed by atoms with Crippen molar-refractivity contribution in [2.24, 2.45) is 5.84 Å². The lowest BCUT2D eigenvalue weighted by molar-refractivity contribution is -0.0916. The summed E-state index contributed by atoms with van der Waals surface area (Å²) in [6.45, 7) is 2.67. The van der Waals surface area contributed by atoms with Crippen molar-refractivity contribution in [3.8, 4) is 0 Å². The van der Waals surface area contributed by atoms with Crippen molar-refractivity contribution in [3.63, 3.8) is 0 Å². The van der Waals surface area contributed by atoms with Gasteiger partial charge in [-0.2, -0.15) is 0 Å². The number of rotatable bonds is 8. The van der Waals surface area contributed by atoms with Crippen LogP contribution in [0.1, 0.15) is 51.9 Å². The number of sulfone groups is 1. The zero-order chi connectivity index (χ0) is 14.4. The van der Waals surface area contributed by atoms with Crippen LogP contribution in [0.4, 0.5) is 0 Å². The van der Waals surface area contributed by atoms with E-state index in [1.54, 1.807) is 0 Å². The van der Waals surface area contributed by atoms with Crippen LogP contribution in [0.5, 0.6) is 0 Å². The zero-order valence-corrected chi connectivity index (χ0v) is 13.0. The molecule has 1 saturated carbocycles. The lowest BCUT2D eigenvalue weighted by atomic mass is 9.78. The van der Waals surface area contributed by atoms with Gasteiger partial charge in [-0.25, -0.2) is 8.42 Å². The molecule has 0 radical (unpaired) electrons. The van der Waals surface area contributed by atoms with Gasteiger partial charge in [0.1, 0.15) is 9.84 Å². The van der Waals surface area contributed by atoms with Gasteiger partial charge in [-0.3, -0.25) is 11.3 Å². The first-order chi connectivity index (χ1) is 8.93. The predicted octanol–water partition coefficient (Wildman–Crippen LogP) is 1.38. The van der Waals surface area contributed by atoms with E-state index in [1.165, 1.54) is 12.7 Å². The molecule has 1 atom stereocenters. The topological polar surface area (TPSA) is 81.4 Å². The summed E-state index contributed by atoms with van der Waals surface area (Å²) in [4.78, 5) is 0. The maximum Gasteiger partial charge on any atom is 0.147 e. The Balaban J connectivity index is 2.62. The maximum absolute atomic E-state index is 11.2. The third-order valence-electron chi connectivity index (χ3n) is 3.98. The molecule has 0 spiro atoms. The molecule has 0 aromatic rings.